The first-order valence-corrected chi connectivity index (χ1v) is 4.72. The van der Waals surface area contributed by atoms with E-state index in [1.165, 1.54) is 10.9 Å². The van der Waals surface area contributed by atoms with Gasteiger partial charge in [-0.15, -0.1) is 0 Å². The molecule has 0 aromatic carbocycles. The van der Waals surface area contributed by atoms with Crippen LogP contribution in [0.3, 0.4) is 0 Å². The maximum absolute atomic E-state index is 4.27. The van der Waals surface area contributed by atoms with Crippen LogP contribution in [0.5, 0.6) is 0 Å². The molecule has 0 unspecified atom stereocenters. The lowest BCUT2D eigenvalue weighted by Gasteiger charge is -2.01. The number of nitrogens with zero attached hydrogens (tertiary/aromatic N) is 2. The van der Waals surface area contributed by atoms with Crippen LogP contribution in [0.2, 0.25) is 0 Å². The summed E-state index contributed by atoms with van der Waals surface area (Å²) in [7, 11) is 0. The number of aromatic nitrogens is 2. The largest absolute Gasteiger partial charge is 0.264 e. The van der Waals surface area contributed by atoms with Gasteiger partial charge in [0.2, 0.25) is 0 Å². The van der Waals surface area contributed by atoms with Crippen molar-refractivity contribution in [3.63, 3.8) is 0 Å². The minimum absolute atomic E-state index is 1.05. The van der Waals surface area contributed by atoms with Gasteiger partial charge in [-0.25, -0.2) is 4.98 Å². The Bertz CT molecular complexity index is 426. The van der Waals surface area contributed by atoms with Crippen LogP contribution >= 0.6 is 22.6 Å². The molecule has 3 heteroatoms. The molecular weight excluding hydrogens is 263 g/mol. The van der Waals surface area contributed by atoms with Crippen LogP contribution in [-0.2, 0) is 0 Å². The van der Waals surface area contributed by atoms with E-state index >= 15 is 0 Å². The smallest absolute Gasteiger partial charge is 0.104 e. The SMILES string of the molecule is Cc1c(I)ncc2ccncc12. The first-order chi connectivity index (χ1) is 5.79. The van der Waals surface area contributed by atoms with Crippen molar-refractivity contribution in [1.29, 1.82) is 0 Å². The topological polar surface area (TPSA) is 25.8 Å². The molecule has 0 saturated carbocycles. The number of aryl methyl sites for hydroxylation is 1. The average Bonchev–Trinajstić information content (AvgIpc) is 2.12. The van der Waals surface area contributed by atoms with Crippen molar-refractivity contribution in [2.75, 3.05) is 0 Å². The molecule has 0 N–H and O–H groups in total. The second-order valence-corrected chi connectivity index (χ2v) is 3.66. The standard InChI is InChI=1S/C9H7IN2/c1-6-8-5-11-3-2-7(8)4-12-9(6)10/h2-5H,1H3. The second kappa shape index (κ2) is 2.97. The Morgan fingerprint density at radius 3 is 3.00 bits per heavy atom. The molecule has 2 rings (SSSR count). The number of hydrogen-bond acceptors (Lipinski definition) is 2. The molecule has 0 radical (unpaired) electrons. The van der Waals surface area contributed by atoms with Crippen molar-refractivity contribution in [2.24, 2.45) is 0 Å². The lowest BCUT2D eigenvalue weighted by molar-refractivity contribution is 1.23. The van der Waals surface area contributed by atoms with E-state index < -0.39 is 0 Å². The quantitative estimate of drug-likeness (QED) is 0.543. The van der Waals surface area contributed by atoms with E-state index in [1.54, 1.807) is 6.20 Å². The van der Waals surface area contributed by atoms with Crippen molar-refractivity contribution in [1.82, 2.24) is 9.97 Å². The minimum Gasteiger partial charge on any atom is -0.264 e. The maximum atomic E-state index is 4.27. The van der Waals surface area contributed by atoms with Crippen molar-refractivity contribution in [3.05, 3.63) is 33.9 Å². The number of pyridine rings is 2. The summed E-state index contributed by atoms with van der Waals surface area (Å²) in [5.74, 6) is 0. The summed E-state index contributed by atoms with van der Waals surface area (Å²) < 4.78 is 1.05. The fraction of sp³-hybridized carbons (Fsp3) is 0.111. The van der Waals surface area contributed by atoms with Crippen LogP contribution < -0.4 is 0 Å². The Kier molecular flexibility index (Phi) is 1.96. The molecule has 0 saturated heterocycles. The van der Waals surface area contributed by atoms with Gasteiger partial charge >= 0.3 is 0 Å². The van der Waals surface area contributed by atoms with Gasteiger partial charge in [0.1, 0.15) is 3.70 Å². The molecule has 60 valence electrons. The highest BCUT2D eigenvalue weighted by molar-refractivity contribution is 14.1. The van der Waals surface area contributed by atoms with Gasteiger partial charge in [-0.2, -0.15) is 0 Å². The summed E-state index contributed by atoms with van der Waals surface area (Å²) in [5.41, 5.74) is 1.21. The summed E-state index contributed by atoms with van der Waals surface area (Å²) in [6.45, 7) is 2.07. The van der Waals surface area contributed by atoms with E-state index in [4.69, 9.17) is 0 Å². The van der Waals surface area contributed by atoms with Gasteiger partial charge in [-0.1, -0.05) is 0 Å². The van der Waals surface area contributed by atoms with Crippen molar-refractivity contribution >= 4 is 33.4 Å². The Morgan fingerprint density at radius 1 is 1.33 bits per heavy atom. The van der Waals surface area contributed by atoms with Gasteiger partial charge in [0, 0.05) is 29.4 Å². The molecule has 2 heterocycles. The molecule has 12 heavy (non-hydrogen) atoms. The van der Waals surface area contributed by atoms with Gasteiger partial charge in [0.25, 0.3) is 0 Å². The number of hydrogen-bond donors (Lipinski definition) is 0. The highest BCUT2D eigenvalue weighted by Crippen LogP contribution is 2.19. The molecule has 0 aliphatic carbocycles. The van der Waals surface area contributed by atoms with Gasteiger partial charge in [0.05, 0.1) is 0 Å². The van der Waals surface area contributed by atoms with Crippen LogP contribution in [0.1, 0.15) is 5.56 Å². The molecule has 2 aromatic rings. The van der Waals surface area contributed by atoms with E-state index in [-0.39, 0.29) is 0 Å². The van der Waals surface area contributed by atoms with Gasteiger partial charge in [-0.05, 0) is 41.1 Å². The third kappa shape index (κ3) is 1.18. The summed E-state index contributed by atoms with van der Waals surface area (Å²) in [6, 6.07) is 1.98. The van der Waals surface area contributed by atoms with Crippen molar-refractivity contribution < 1.29 is 0 Å². The molecule has 0 bridgehead atoms. The molecule has 0 aliphatic heterocycles. The van der Waals surface area contributed by atoms with Gasteiger partial charge in [-0.3, -0.25) is 4.98 Å². The van der Waals surface area contributed by atoms with Crippen molar-refractivity contribution in [2.45, 2.75) is 6.92 Å². The summed E-state index contributed by atoms with van der Waals surface area (Å²) in [4.78, 5) is 8.35. The first-order valence-electron chi connectivity index (χ1n) is 3.64. The molecule has 0 fully saturated rings. The van der Waals surface area contributed by atoms with Crippen LogP contribution in [0.15, 0.2) is 24.7 Å². The third-order valence-electron chi connectivity index (χ3n) is 1.89. The van der Waals surface area contributed by atoms with Crippen LogP contribution in [0.4, 0.5) is 0 Å². The minimum atomic E-state index is 1.05. The Labute approximate surface area is 84.2 Å². The van der Waals surface area contributed by atoms with Crippen LogP contribution in [0, 0.1) is 10.6 Å². The molecular formula is C9H7IN2. The van der Waals surface area contributed by atoms with Crippen LogP contribution in [0.25, 0.3) is 10.8 Å². The Balaban J connectivity index is 2.91. The lowest BCUT2D eigenvalue weighted by Crippen LogP contribution is -1.88. The molecule has 0 atom stereocenters. The maximum Gasteiger partial charge on any atom is 0.104 e. The highest BCUT2D eigenvalue weighted by Gasteiger charge is 2.00. The number of halogens is 1. The van der Waals surface area contributed by atoms with E-state index in [2.05, 4.69) is 39.5 Å². The summed E-state index contributed by atoms with van der Waals surface area (Å²) in [6.07, 6.45) is 5.55. The normalized spacial score (nSPS) is 10.5. The zero-order valence-electron chi connectivity index (χ0n) is 6.58. The zero-order valence-corrected chi connectivity index (χ0v) is 8.74. The molecule has 2 nitrogen and oxygen atoms in total. The Morgan fingerprint density at radius 2 is 2.17 bits per heavy atom. The fourth-order valence-corrected chi connectivity index (χ4v) is 1.60. The second-order valence-electron chi connectivity index (χ2n) is 2.64. The van der Waals surface area contributed by atoms with E-state index in [9.17, 15) is 0 Å². The fourth-order valence-electron chi connectivity index (χ4n) is 1.17. The van der Waals surface area contributed by atoms with Gasteiger partial charge < -0.3 is 0 Å². The average molecular weight is 270 g/mol. The number of fused-ring (bicyclic) bond motifs is 1. The lowest BCUT2D eigenvalue weighted by atomic mass is 10.1. The summed E-state index contributed by atoms with van der Waals surface area (Å²) in [5, 5.41) is 2.35. The van der Waals surface area contributed by atoms with Crippen molar-refractivity contribution in [3.8, 4) is 0 Å². The predicted molar refractivity (Wildman–Crippen MR) is 57.0 cm³/mol. The molecule has 0 amide bonds. The van der Waals surface area contributed by atoms with Crippen LogP contribution in [-0.4, -0.2) is 9.97 Å². The molecule has 2 aromatic heterocycles. The monoisotopic (exact) mass is 270 g/mol. The van der Waals surface area contributed by atoms with E-state index in [1.807, 2.05) is 18.5 Å². The molecule has 0 spiro atoms. The third-order valence-corrected chi connectivity index (χ3v) is 2.97. The van der Waals surface area contributed by atoms with Gasteiger partial charge in [0.15, 0.2) is 0 Å². The molecule has 0 aliphatic rings. The number of rotatable bonds is 0. The summed E-state index contributed by atoms with van der Waals surface area (Å²) >= 11 is 2.23. The highest BCUT2D eigenvalue weighted by atomic mass is 127. The Hall–Kier alpha value is -0.710. The van der Waals surface area contributed by atoms with E-state index in [0.29, 0.717) is 0 Å². The van der Waals surface area contributed by atoms with E-state index in [0.717, 1.165) is 9.09 Å². The predicted octanol–water partition coefficient (Wildman–Crippen LogP) is 2.54. The first kappa shape index (κ1) is 7.91. The zero-order chi connectivity index (χ0) is 8.55.